The Balaban J connectivity index is 1.85. The quantitative estimate of drug-likeness (QED) is 0.561. The summed E-state index contributed by atoms with van der Waals surface area (Å²) in [6.07, 6.45) is -4.35. The normalized spacial score (nSPS) is 17.4. The van der Waals surface area contributed by atoms with Crippen molar-refractivity contribution in [2.45, 2.75) is 6.18 Å². The van der Waals surface area contributed by atoms with E-state index in [1.807, 2.05) is 5.41 Å². The SMILES string of the molecule is FC(F)(F)c1ccc(N=S2C=NC(c3ccc(Cl)cc3Cl)=C2)cc1. The number of aliphatic imine (C=N–C) groups is 1. The van der Waals surface area contributed by atoms with E-state index in [4.69, 9.17) is 23.2 Å². The lowest BCUT2D eigenvalue weighted by atomic mass is 10.2. The van der Waals surface area contributed by atoms with Gasteiger partial charge in [-0.2, -0.15) is 13.2 Å². The molecule has 2 aromatic rings. The van der Waals surface area contributed by atoms with Gasteiger partial charge in [-0.15, -0.1) is 0 Å². The van der Waals surface area contributed by atoms with Crippen LogP contribution in [0.25, 0.3) is 5.70 Å². The summed E-state index contributed by atoms with van der Waals surface area (Å²) in [5.41, 5.74) is 2.79. The number of alkyl halides is 3. The third-order valence-corrected chi connectivity index (χ3v) is 4.90. The summed E-state index contributed by atoms with van der Waals surface area (Å²) in [5, 5.41) is 2.82. The monoisotopic (exact) mass is 388 g/mol. The highest BCUT2D eigenvalue weighted by Crippen LogP contribution is 2.32. The summed E-state index contributed by atoms with van der Waals surface area (Å²) < 4.78 is 42.0. The fraction of sp³-hybridized carbons (Fsp3) is 0.0625. The van der Waals surface area contributed by atoms with Crippen LogP contribution in [0.1, 0.15) is 11.1 Å². The summed E-state index contributed by atoms with van der Waals surface area (Å²) in [7, 11) is -0.652. The second-order valence-corrected chi connectivity index (χ2v) is 7.01. The molecule has 1 aliphatic heterocycles. The number of nitrogens with zero attached hydrogens (tertiary/aromatic N) is 2. The van der Waals surface area contributed by atoms with Crippen molar-refractivity contribution in [3.63, 3.8) is 0 Å². The maximum atomic E-state index is 12.5. The van der Waals surface area contributed by atoms with Crippen molar-refractivity contribution in [2.75, 3.05) is 0 Å². The van der Waals surface area contributed by atoms with Gasteiger partial charge in [0.1, 0.15) is 0 Å². The van der Waals surface area contributed by atoms with Gasteiger partial charge in [-0.25, -0.2) is 9.36 Å². The zero-order chi connectivity index (χ0) is 17.3. The molecule has 2 nitrogen and oxygen atoms in total. The lowest BCUT2D eigenvalue weighted by Gasteiger charge is -2.05. The van der Waals surface area contributed by atoms with Crippen LogP contribution in [0.15, 0.2) is 57.2 Å². The zero-order valence-electron chi connectivity index (χ0n) is 11.9. The van der Waals surface area contributed by atoms with Crippen molar-refractivity contribution in [3.8, 4) is 0 Å². The predicted molar refractivity (Wildman–Crippen MR) is 93.8 cm³/mol. The van der Waals surface area contributed by atoms with E-state index in [2.05, 4.69) is 9.36 Å². The molecule has 2 aromatic carbocycles. The Bertz CT molecular complexity index is 872. The van der Waals surface area contributed by atoms with Gasteiger partial charge in [-0.1, -0.05) is 23.2 Å². The number of rotatable bonds is 2. The molecule has 0 radical (unpaired) electrons. The Morgan fingerprint density at radius 1 is 1.00 bits per heavy atom. The summed E-state index contributed by atoms with van der Waals surface area (Å²) in [5.74, 6) is 0. The fourth-order valence-corrected chi connectivity index (χ4v) is 3.67. The topological polar surface area (TPSA) is 24.7 Å². The van der Waals surface area contributed by atoms with Crippen molar-refractivity contribution in [1.82, 2.24) is 0 Å². The van der Waals surface area contributed by atoms with Gasteiger partial charge in [0, 0.05) is 16.0 Å². The van der Waals surface area contributed by atoms with Crippen LogP contribution in [0, 0.1) is 0 Å². The van der Waals surface area contributed by atoms with Crippen LogP contribution in [0.2, 0.25) is 10.0 Å². The van der Waals surface area contributed by atoms with Crippen LogP contribution in [0.3, 0.4) is 0 Å². The van der Waals surface area contributed by atoms with E-state index in [0.29, 0.717) is 21.4 Å². The largest absolute Gasteiger partial charge is 0.416 e. The Labute approximate surface area is 148 Å². The Morgan fingerprint density at radius 3 is 2.33 bits per heavy atom. The van der Waals surface area contributed by atoms with E-state index in [1.165, 1.54) is 12.1 Å². The molecular formula is C16H9Cl2F3N2S. The van der Waals surface area contributed by atoms with Crippen molar-refractivity contribution >= 4 is 50.8 Å². The smallest absolute Gasteiger partial charge is 0.247 e. The number of halogens is 5. The van der Waals surface area contributed by atoms with Crippen molar-refractivity contribution in [3.05, 3.63) is 69.0 Å². The number of hydrogen-bond acceptors (Lipinski definition) is 2. The van der Waals surface area contributed by atoms with Gasteiger partial charge in [0.15, 0.2) is 0 Å². The molecule has 0 aliphatic carbocycles. The first kappa shape index (κ1) is 17.2. The molecule has 0 amide bonds. The minimum atomic E-state index is -4.35. The Hall–Kier alpha value is -1.63. The van der Waals surface area contributed by atoms with E-state index < -0.39 is 22.4 Å². The summed E-state index contributed by atoms with van der Waals surface area (Å²) in [6.45, 7) is 0. The first-order valence-electron chi connectivity index (χ1n) is 6.65. The molecule has 1 atom stereocenters. The standard InChI is InChI=1S/C16H9Cl2F3N2S/c17-11-3-6-13(14(18)7-11)15-8-24(9-22-15)23-12-4-1-10(2-5-12)16(19,20)21/h1-9H. The van der Waals surface area contributed by atoms with Crippen LogP contribution in [0.4, 0.5) is 18.9 Å². The highest BCUT2D eigenvalue weighted by atomic mass is 35.5. The molecule has 0 fully saturated rings. The minimum absolute atomic E-state index is 0.456. The summed E-state index contributed by atoms with van der Waals surface area (Å²) in [6, 6.07) is 9.79. The Morgan fingerprint density at radius 2 is 1.71 bits per heavy atom. The summed E-state index contributed by atoms with van der Waals surface area (Å²) in [4.78, 5) is 4.28. The lowest BCUT2D eigenvalue weighted by molar-refractivity contribution is -0.137. The van der Waals surface area contributed by atoms with Gasteiger partial charge in [0.05, 0.1) is 27.5 Å². The van der Waals surface area contributed by atoms with Gasteiger partial charge in [-0.05, 0) is 53.2 Å². The van der Waals surface area contributed by atoms with Gasteiger partial charge in [-0.3, -0.25) is 0 Å². The van der Waals surface area contributed by atoms with E-state index in [0.717, 1.165) is 17.7 Å². The van der Waals surface area contributed by atoms with Gasteiger partial charge >= 0.3 is 6.18 Å². The average Bonchev–Trinajstić information content (AvgIpc) is 2.95. The molecule has 0 aromatic heterocycles. The minimum Gasteiger partial charge on any atom is -0.247 e. The molecule has 0 N–H and O–H groups in total. The van der Waals surface area contributed by atoms with Gasteiger partial charge in [0.2, 0.25) is 0 Å². The first-order chi connectivity index (χ1) is 11.3. The van der Waals surface area contributed by atoms with Crippen LogP contribution in [0.5, 0.6) is 0 Å². The third-order valence-electron chi connectivity index (χ3n) is 3.14. The summed E-state index contributed by atoms with van der Waals surface area (Å²) >= 11 is 12.0. The molecule has 0 spiro atoms. The fourth-order valence-electron chi connectivity index (χ4n) is 2.00. The highest BCUT2D eigenvalue weighted by molar-refractivity contribution is 8.03. The maximum Gasteiger partial charge on any atom is 0.416 e. The Kier molecular flexibility index (Phi) is 4.80. The zero-order valence-corrected chi connectivity index (χ0v) is 14.2. The van der Waals surface area contributed by atoms with Crippen LogP contribution in [-0.2, 0) is 16.9 Å². The lowest BCUT2D eigenvalue weighted by Crippen LogP contribution is -2.03. The highest BCUT2D eigenvalue weighted by Gasteiger charge is 2.29. The molecule has 0 bridgehead atoms. The molecule has 8 heteroatoms. The molecule has 0 saturated heterocycles. The molecule has 0 saturated carbocycles. The van der Waals surface area contributed by atoms with Gasteiger partial charge < -0.3 is 0 Å². The predicted octanol–water partition coefficient (Wildman–Crippen LogP) is 6.49. The molecule has 3 rings (SSSR count). The number of benzene rings is 2. The second-order valence-electron chi connectivity index (χ2n) is 4.84. The van der Waals surface area contributed by atoms with E-state index >= 15 is 0 Å². The van der Waals surface area contributed by atoms with Crippen molar-refractivity contribution in [2.24, 2.45) is 9.36 Å². The van der Waals surface area contributed by atoms with Crippen molar-refractivity contribution < 1.29 is 13.2 Å². The van der Waals surface area contributed by atoms with Crippen LogP contribution < -0.4 is 0 Å². The van der Waals surface area contributed by atoms with Gasteiger partial charge in [0.25, 0.3) is 0 Å². The van der Waals surface area contributed by atoms with E-state index in [-0.39, 0.29) is 0 Å². The maximum absolute atomic E-state index is 12.5. The number of hydrogen-bond donors (Lipinski definition) is 0. The molecule has 24 heavy (non-hydrogen) atoms. The molecule has 1 heterocycles. The first-order valence-corrected chi connectivity index (χ1v) is 8.72. The molecule has 124 valence electrons. The van der Waals surface area contributed by atoms with E-state index in [1.54, 1.807) is 23.7 Å². The van der Waals surface area contributed by atoms with Crippen LogP contribution >= 0.6 is 23.2 Å². The van der Waals surface area contributed by atoms with E-state index in [9.17, 15) is 13.2 Å². The second kappa shape index (κ2) is 6.70. The van der Waals surface area contributed by atoms with Crippen molar-refractivity contribution in [1.29, 1.82) is 0 Å². The molecular weight excluding hydrogens is 380 g/mol. The molecule has 1 aliphatic rings. The average molecular weight is 389 g/mol. The van der Waals surface area contributed by atoms with Crippen LogP contribution in [-0.4, -0.2) is 5.55 Å². The third kappa shape index (κ3) is 3.88. The molecule has 1 unspecified atom stereocenters.